The van der Waals surface area contributed by atoms with E-state index < -0.39 is 0 Å². The average Bonchev–Trinajstić information content (AvgIpc) is 3.02. The fraction of sp³-hybridized carbons (Fsp3) is 0.750. The van der Waals surface area contributed by atoms with Gasteiger partial charge in [0, 0.05) is 30.8 Å². The SMILES string of the molecule is COCC(NCCc1cnc(C)s1)C1CC1. The Morgan fingerprint density at radius 3 is 3.00 bits per heavy atom. The Balaban J connectivity index is 1.69. The minimum absolute atomic E-state index is 0.555. The van der Waals surface area contributed by atoms with E-state index >= 15 is 0 Å². The minimum Gasteiger partial charge on any atom is -0.383 e. The Kier molecular flexibility index (Phi) is 4.32. The van der Waals surface area contributed by atoms with Gasteiger partial charge < -0.3 is 10.1 Å². The van der Waals surface area contributed by atoms with E-state index in [2.05, 4.69) is 17.2 Å². The summed E-state index contributed by atoms with van der Waals surface area (Å²) in [6.07, 6.45) is 5.80. The third-order valence-corrected chi connectivity index (χ3v) is 3.96. The third-order valence-electron chi connectivity index (χ3n) is 2.98. The molecule has 0 bridgehead atoms. The highest BCUT2D eigenvalue weighted by Crippen LogP contribution is 2.32. The second-order valence-corrected chi connectivity index (χ2v) is 5.77. The van der Waals surface area contributed by atoms with E-state index in [1.807, 2.05) is 6.20 Å². The van der Waals surface area contributed by atoms with Gasteiger partial charge in [0.15, 0.2) is 0 Å². The van der Waals surface area contributed by atoms with Crippen LogP contribution in [0.2, 0.25) is 0 Å². The quantitative estimate of drug-likeness (QED) is 0.791. The van der Waals surface area contributed by atoms with Crippen LogP contribution in [0.4, 0.5) is 0 Å². The van der Waals surface area contributed by atoms with Crippen LogP contribution in [-0.2, 0) is 11.2 Å². The lowest BCUT2D eigenvalue weighted by atomic mass is 10.2. The molecule has 1 aliphatic carbocycles. The van der Waals surface area contributed by atoms with Crippen molar-refractivity contribution >= 4 is 11.3 Å². The first-order chi connectivity index (χ1) is 7.79. The van der Waals surface area contributed by atoms with Gasteiger partial charge in [-0.05, 0) is 32.1 Å². The predicted octanol–water partition coefficient (Wildman–Crippen LogP) is 2.01. The molecule has 16 heavy (non-hydrogen) atoms. The van der Waals surface area contributed by atoms with Gasteiger partial charge in [-0.25, -0.2) is 4.98 Å². The van der Waals surface area contributed by atoms with Crippen molar-refractivity contribution in [1.82, 2.24) is 10.3 Å². The summed E-state index contributed by atoms with van der Waals surface area (Å²) < 4.78 is 5.24. The van der Waals surface area contributed by atoms with E-state index in [0.29, 0.717) is 6.04 Å². The van der Waals surface area contributed by atoms with Gasteiger partial charge in [-0.1, -0.05) is 0 Å². The second kappa shape index (κ2) is 5.75. The lowest BCUT2D eigenvalue weighted by Crippen LogP contribution is -2.36. The molecule has 0 saturated heterocycles. The van der Waals surface area contributed by atoms with Crippen molar-refractivity contribution < 1.29 is 4.74 Å². The normalized spacial score (nSPS) is 17.6. The smallest absolute Gasteiger partial charge is 0.0896 e. The lowest BCUT2D eigenvalue weighted by Gasteiger charge is -2.16. The largest absolute Gasteiger partial charge is 0.383 e. The molecule has 4 heteroatoms. The summed E-state index contributed by atoms with van der Waals surface area (Å²) >= 11 is 1.79. The van der Waals surface area contributed by atoms with E-state index in [9.17, 15) is 0 Å². The summed E-state index contributed by atoms with van der Waals surface area (Å²) in [6, 6.07) is 0.555. The van der Waals surface area contributed by atoms with Crippen LogP contribution in [0.1, 0.15) is 22.7 Å². The molecule has 1 fully saturated rings. The Hall–Kier alpha value is -0.450. The maximum Gasteiger partial charge on any atom is 0.0896 e. The van der Waals surface area contributed by atoms with Gasteiger partial charge in [0.2, 0.25) is 0 Å². The van der Waals surface area contributed by atoms with Crippen molar-refractivity contribution in [2.45, 2.75) is 32.2 Å². The molecular weight excluding hydrogens is 220 g/mol. The molecule has 0 aromatic carbocycles. The molecule has 0 radical (unpaired) electrons. The van der Waals surface area contributed by atoms with Crippen molar-refractivity contribution in [2.24, 2.45) is 5.92 Å². The summed E-state index contributed by atoms with van der Waals surface area (Å²) in [5.41, 5.74) is 0. The van der Waals surface area contributed by atoms with Gasteiger partial charge in [0.25, 0.3) is 0 Å². The van der Waals surface area contributed by atoms with E-state index in [1.165, 1.54) is 17.7 Å². The summed E-state index contributed by atoms with van der Waals surface area (Å²) in [6.45, 7) is 3.93. The molecule has 1 heterocycles. The molecule has 0 spiro atoms. The van der Waals surface area contributed by atoms with Crippen molar-refractivity contribution in [3.05, 3.63) is 16.1 Å². The third kappa shape index (κ3) is 3.54. The number of aryl methyl sites for hydroxylation is 1. The molecule has 1 saturated carbocycles. The first-order valence-corrected chi connectivity index (χ1v) is 6.75. The number of aromatic nitrogens is 1. The number of rotatable bonds is 7. The molecule has 2 rings (SSSR count). The number of nitrogens with zero attached hydrogens (tertiary/aromatic N) is 1. The molecule has 1 aromatic rings. The van der Waals surface area contributed by atoms with Gasteiger partial charge >= 0.3 is 0 Å². The maximum atomic E-state index is 5.24. The first kappa shape index (κ1) is 12.0. The second-order valence-electron chi connectivity index (χ2n) is 4.45. The molecule has 90 valence electrons. The predicted molar refractivity (Wildman–Crippen MR) is 66.9 cm³/mol. The van der Waals surface area contributed by atoms with E-state index in [4.69, 9.17) is 4.74 Å². The van der Waals surface area contributed by atoms with Crippen LogP contribution in [0.15, 0.2) is 6.20 Å². The summed E-state index contributed by atoms with van der Waals surface area (Å²) in [5, 5.41) is 4.75. The highest BCUT2D eigenvalue weighted by Gasteiger charge is 2.30. The number of thiazole rings is 1. The molecule has 1 N–H and O–H groups in total. The molecule has 1 unspecified atom stereocenters. The van der Waals surface area contributed by atoms with Crippen LogP contribution in [0.5, 0.6) is 0 Å². The van der Waals surface area contributed by atoms with Crippen LogP contribution in [0.25, 0.3) is 0 Å². The van der Waals surface area contributed by atoms with Gasteiger partial charge in [0.05, 0.1) is 11.6 Å². The van der Waals surface area contributed by atoms with E-state index in [1.54, 1.807) is 18.4 Å². The highest BCUT2D eigenvalue weighted by atomic mass is 32.1. The summed E-state index contributed by atoms with van der Waals surface area (Å²) in [5.74, 6) is 0.850. The zero-order valence-corrected chi connectivity index (χ0v) is 10.8. The zero-order valence-electron chi connectivity index (χ0n) is 10.0. The molecule has 1 atom stereocenters. The zero-order chi connectivity index (χ0) is 11.4. The fourth-order valence-corrected chi connectivity index (χ4v) is 2.74. The van der Waals surface area contributed by atoms with Crippen molar-refractivity contribution in [1.29, 1.82) is 0 Å². The van der Waals surface area contributed by atoms with Gasteiger partial charge in [-0.3, -0.25) is 0 Å². The molecule has 3 nitrogen and oxygen atoms in total. The van der Waals surface area contributed by atoms with Crippen molar-refractivity contribution in [2.75, 3.05) is 20.3 Å². The summed E-state index contributed by atoms with van der Waals surface area (Å²) in [7, 11) is 1.78. The molecule has 0 amide bonds. The Morgan fingerprint density at radius 1 is 1.62 bits per heavy atom. The molecule has 1 aliphatic rings. The first-order valence-electron chi connectivity index (χ1n) is 5.93. The molecule has 1 aromatic heterocycles. The van der Waals surface area contributed by atoms with Crippen LogP contribution in [0.3, 0.4) is 0 Å². The van der Waals surface area contributed by atoms with Gasteiger partial charge in [-0.15, -0.1) is 11.3 Å². The monoisotopic (exact) mass is 240 g/mol. The number of hydrogen-bond donors (Lipinski definition) is 1. The van der Waals surface area contributed by atoms with Crippen molar-refractivity contribution in [3.8, 4) is 0 Å². The Bertz CT molecular complexity index is 323. The highest BCUT2D eigenvalue weighted by molar-refractivity contribution is 7.11. The number of methoxy groups -OCH3 is 1. The van der Waals surface area contributed by atoms with Gasteiger partial charge in [-0.2, -0.15) is 0 Å². The number of ether oxygens (including phenoxy) is 1. The topological polar surface area (TPSA) is 34.1 Å². The molecular formula is C12H20N2OS. The standard InChI is InChI=1S/C12H20N2OS/c1-9-14-7-11(16-9)5-6-13-12(8-15-2)10-3-4-10/h7,10,12-13H,3-6,8H2,1-2H3. The summed E-state index contributed by atoms with van der Waals surface area (Å²) in [4.78, 5) is 5.64. The van der Waals surface area contributed by atoms with Crippen LogP contribution in [-0.4, -0.2) is 31.3 Å². The minimum atomic E-state index is 0.555. The van der Waals surface area contributed by atoms with Crippen LogP contribution >= 0.6 is 11.3 Å². The van der Waals surface area contributed by atoms with E-state index in [-0.39, 0.29) is 0 Å². The molecule has 0 aliphatic heterocycles. The van der Waals surface area contributed by atoms with E-state index in [0.717, 1.165) is 30.5 Å². The average molecular weight is 240 g/mol. The number of hydrogen-bond acceptors (Lipinski definition) is 4. The lowest BCUT2D eigenvalue weighted by molar-refractivity contribution is 0.158. The van der Waals surface area contributed by atoms with Crippen LogP contribution < -0.4 is 5.32 Å². The van der Waals surface area contributed by atoms with Crippen molar-refractivity contribution in [3.63, 3.8) is 0 Å². The maximum absolute atomic E-state index is 5.24. The van der Waals surface area contributed by atoms with Crippen LogP contribution in [0, 0.1) is 12.8 Å². The Labute approximate surface area is 101 Å². The Morgan fingerprint density at radius 2 is 2.44 bits per heavy atom. The fourth-order valence-electron chi connectivity index (χ4n) is 1.94. The van der Waals surface area contributed by atoms with Gasteiger partial charge in [0.1, 0.15) is 0 Å². The number of nitrogens with one attached hydrogen (secondary N) is 1.